The molecule has 6 heteroatoms. The number of nitrogens with zero attached hydrogens (tertiary/aromatic N) is 3. The number of nitrogen functional groups attached to an aromatic ring is 1. The zero-order valence-electron chi connectivity index (χ0n) is 13.5. The van der Waals surface area contributed by atoms with Crippen molar-refractivity contribution in [3.8, 4) is 22.6 Å². The van der Waals surface area contributed by atoms with Crippen LogP contribution in [0.25, 0.3) is 22.2 Å². The summed E-state index contributed by atoms with van der Waals surface area (Å²) in [6, 6.07) is 5.74. The van der Waals surface area contributed by atoms with E-state index in [0.29, 0.717) is 23.0 Å². The first-order valence-corrected chi connectivity index (χ1v) is 7.17. The summed E-state index contributed by atoms with van der Waals surface area (Å²) in [4.78, 5) is 12.9. The van der Waals surface area contributed by atoms with Crippen LogP contribution in [-0.4, -0.2) is 29.2 Å². The average molecular weight is 310 g/mol. The number of benzene rings is 1. The van der Waals surface area contributed by atoms with Crippen molar-refractivity contribution in [3.63, 3.8) is 0 Å². The van der Waals surface area contributed by atoms with Crippen molar-refractivity contribution in [2.75, 3.05) is 20.0 Å². The highest BCUT2D eigenvalue weighted by Crippen LogP contribution is 2.43. The van der Waals surface area contributed by atoms with Gasteiger partial charge in [0.05, 0.1) is 19.6 Å². The predicted octanol–water partition coefficient (Wildman–Crippen LogP) is 2.91. The van der Waals surface area contributed by atoms with Gasteiger partial charge in [0.2, 0.25) is 0 Å². The molecule has 0 bridgehead atoms. The van der Waals surface area contributed by atoms with Crippen LogP contribution in [-0.2, 0) is 0 Å². The number of aryl methyl sites for hydroxylation is 1. The molecule has 3 rings (SSSR count). The molecule has 2 N–H and O–H groups in total. The van der Waals surface area contributed by atoms with E-state index in [1.165, 1.54) is 6.33 Å². The fourth-order valence-corrected chi connectivity index (χ4v) is 2.75. The first kappa shape index (κ1) is 15.0. The second-order valence-corrected chi connectivity index (χ2v) is 5.20. The molecule has 2 aromatic heterocycles. The highest BCUT2D eigenvalue weighted by molar-refractivity contribution is 6.02. The maximum absolute atomic E-state index is 6.11. The summed E-state index contributed by atoms with van der Waals surface area (Å²) in [5.74, 6) is 1.70. The molecule has 0 unspecified atom stereocenters. The second-order valence-electron chi connectivity index (χ2n) is 5.20. The fourth-order valence-electron chi connectivity index (χ4n) is 2.75. The molecule has 0 radical (unpaired) electrons. The van der Waals surface area contributed by atoms with Crippen molar-refractivity contribution in [2.45, 2.75) is 13.8 Å². The Balaban J connectivity index is 2.48. The fraction of sp³-hybridized carbons (Fsp3) is 0.235. The summed E-state index contributed by atoms with van der Waals surface area (Å²) in [6.45, 7) is 3.95. The molecular formula is C17H18N4O2. The lowest BCUT2D eigenvalue weighted by atomic mass is 9.95. The summed E-state index contributed by atoms with van der Waals surface area (Å²) >= 11 is 0. The van der Waals surface area contributed by atoms with Gasteiger partial charge in [0.25, 0.3) is 0 Å². The molecule has 0 spiro atoms. The van der Waals surface area contributed by atoms with Gasteiger partial charge < -0.3 is 15.2 Å². The zero-order valence-corrected chi connectivity index (χ0v) is 13.5. The van der Waals surface area contributed by atoms with Crippen molar-refractivity contribution in [1.82, 2.24) is 15.0 Å². The molecule has 1 aromatic carbocycles. The van der Waals surface area contributed by atoms with Gasteiger partial charge in [0.15, 0.2) is 17.1 Å². The van der Waals surface area contributed by atoms with Gasteiger partial charge in [0, 0.05) is 16.8 Å². The highest BCUT2D eigenvalue weighted by Gasteiger charge is 2.20. The molecule has 0 saturated heterocycles. The van der Waals surface area contributed by atoms with Gasteiger partial charge in [-0.1, -0.05) is 12.1 Å². The van der Waals surface area contributed by atoms with E-state index in [-0.39, 0.29) is 0 Å². The number of nitrogens with two attached hydrogens (primary N) is 1. The van der Waals surface area contributed by atoms with Crippen LogP contribution < -0.4 is 15.2 Å². The van der Waals surface area contributed by atoms with Crippen molar-refractivity contribution in [3.05, 3.63) is 35.8 Å². The van der Waals surface area contributed by atoms with Gasteiger partial charge in [-0.15, -0.1) is 0 Å². The highest BCUT2D eigenvalue weighted by atomic mass is 16.5. The minimum absolute atomic E-state index is 0.394. The molecular weight excluding hydrogens is 292 g/mol. The van der Waals surface area contributed by atoms with Crippen molar-refractivity contribution >= 4 is 16.9 Å². The third-order valence-electron chi connectivity index (χ3n) is 3.97. The maximum Gasteiger partial charge on any atom is 0.168 e. The molecule has 0 saturated carbocycles. The first-order chi connectivity index (χ1) is 11.1. The Labute approximate surface area is 134 Å². The molecule has 3 aromatic rings. The third kappa shape index (κ3) is 2.32. The number of ether oxygens (including phenoxy) is 2. The Morgan fingerprint density at radius 3 is 2.52 bits per heavy atom. The van der Waals surface area contributed by atoms with Crippen LogP contribution in [0.1, 0.15) is 11.3 Å². The first-order valence-electron chi connectivity index (χ1n) is 7.17. The van der Waals surface area contributed by atoms with E-state index in [4.69, 9.17) is 15.2 Å². The number of aromatic nitrogens is 3. The van der Waals surface area contributed by atoms with Crippen LogP contribution in [0.2, 0.25) is 0 Å². The van der Waals surface area contributed by atoms with Gasteiger partial charge in [-0.2, -0.15) is 0 Å². The van der Waals surface area contributed by atoms with Crippen LogP contribution in [0.4, 0.5) is 5.82 Å². The predicted molar refractivity (Wildman–Crippen MR) is 89.8 cm³/mol. The van der Waals surface area contributed by atoms with Crippen molar-refractivity contribution in [1.29, 1.82) is 0 Å². The molecule has 0 fully saturated rings. The number of para-hydroxylation sites is 1. The van der Waals surface area contributed by atoms with Crippen LogP contribution in [0, 0.1) is 13.8 Å². The SMILES string of the molecule is COc1cccc(-c2c(C)c(C)nc3ncnc(N)c23)c1OC. The lowest BCUT2D eigenvalue weighted by Crippen LogP contribution is -2.02. The monoisotopic (exact) mass is 310 g/mol. The van der Waals surface area contributed by atoms with Crippen LogP contribution in [0.5, 0.6) is 11.5 Å². The average Bonchev–Trinajstić information content (AvgIpc) is 2.56. The molecule has 0 amide bonds. The molecule has 118 valence electrons. The normalized spacial score (nSPS) is 10.8. The Morgan fingerprint density at radius 2 is 1.83 bits per heavy atom. The number of anilines is 1. The second kappa shape index (κ2) is 5.72. The Kier molecular flexibility index (Phi) is 3.73. The van der Waals surface area contributed by atoms with Crippen LogP contribution >= 0.6 is 0 Å². The Hall–Kier alpha value is -2.89. The molecule has 6 nitrogen and oxygen atoms in total. The minimum Gasteiger partial charge on any atom is -0.493 e. The van der Waals surface area contributed by atoms with Gasteiger partial charge >= 0.3 is 0 Å². The van der Waals surface area contributed by atoms with E-state index in [1.807, 2.05) is 32.0 Å². The lowest BCUT2D eigenvalue weighted by Gasteiger charge is -2.17. The molecule has 0 aliphatic carbocycles. The van der Waals surface area contributed by atoms with E-state index >= 15 is 0 Å². The summed E-state index contributed by atoms with van der Waals surface area (Å²) in [6.07, 6.45) is 1.42. The van der Waals surface area contributed by atoms with Gasteiger partial charge in [-0.25, -0.2) is 15.0 Å². The summed E-state index contributed by atoms with van der Waals surface area (Å²) < 4.78 is 11.0. The third-order valence-corrected chi connectivity index (χ3v) is 3.97. The quantitative estimate of drug-likeness (QED) is 0.801. The summed E-state index contributed by atoms with van der Waals surface area (Å²) in [5, 5.41) is 0.724. The Morgan fingerprint density at radius 1 is 1.04 bits per heavy atom. The molecule has 0 aliphatic rings. The van der Waals surface area contributed by atoms with E-state index in [2.05, 4.69) is 15.0 Å². The summed E-state index contributed by atoms with van der Waals surface area (Å²) in [7, 11) is 3.23. The summed E-state index contributed by atoms with van der Waals surface area (Å²) in [5.41, 5.74) is 10.4. The van der Waals surface area contributed by atoms with E-state index in [9.17, 15) is 0 Å². The molecule has 2 heterocycles. The smallest absolute Gasteiger partial charge is 0.168 e. The number of hydrogen-bond acceptors (Lipinski definition) is 6. The minimum atomic E-state index is 0.394. The van der Waals surface area contributed by atoms with Crippen LogP contribution in [0.3, 0.4) is 0 Å². The number of methoxy groups -OCH3 is 2. The van der Waals surface area contributed by atoms with Gasteiger partial charge in [-0.3, -0.25) is 0 Å². The van der Waals surface area contributed by atoms with E-state index in [1.54, 1.807) is 14.2 Å². The van der Waals surface area contributed by atoms with Gasteiger partial charge in [-0.05, 0) is 25.5 Å². The van der Waals surface area contributed by atoms with E-state index in [0.717, 1.165) is 27.8 Å². The topological polar surface area (TPSA) is 83.2 Å². The van der Waals surface area contributed by atoms with Crippen molar-refractivity contribution in [2.24, 2.45) is 0 Å². The van der Waals surface area contributed by atoms with E-state index < -0.39 is 0 Å². The van der Waals surface area contributed by atoms with Crippen molar-refractivity contribution < 1.29 is 9.47 Å². The number of rotatable bonds is 3. The molecule has 23 heavy (non-hydrogen) atoms. The lowest BCUT2D eigenvalue weighted by molar-refractivity contribution is 0.356. The standard InChI is InChI=1S/C17H18N4O2/c1-9-10(2)21-17-14(16(18)19-8-20-17)13(9)11-6-5-7-12(22-3)15(11)23-4/h5-8H,1-4H3,(H2,18,19,20,21). The van der Waals surface area contributed by atoms with Crippen LogP contribution in [0.15, 0.2) is 24.5 Å². The Bertz CT molecular complexity index is 893. The van der Waals surface area contributed by atoms with Gasteiger partial charge in [0.1, 0.15) is 12.1 Å². The molecule has 0 atom stereocenters. The maximum atomic E-state index is 6.11. The largest absolute Gasteiger partial charge is 0.493 e. The number of hydrogen-bond donors (Lipinski definition) is 1. The molecule has 0 aliphatic heterocycles. The number of pyridine rings is 1. The zero-order chi connectivity index (χ0) is 16.6. The number of fused-ring (bicyclic) bond motifs is 1.